The van der Waals surface area contributed by atoms with Crippen molar-refractivity contribution in [3.05, 3.63) is 143 Å². The van der Waals surface area contributed by atoms with Gasteiger partial charge >= 0.3 is 0 Å². The molecule has 1 aromatic heterocycles. The Morgan fingerprint density at radius 2 is 1.61 bits per heavy atom. The quantitative estimate of drug-likeness (QED) is 0.102. The van der Waals surface area contributed by atoms with Gasteiger partial charge < -0.3 is 28.4 Å². The molecule has 3 unspecified atom stereocenters. The fraction of sp³-hybridized carbons (Fsp3) is 0.442. The van der Waals surface area contributed by atoms with E-state index in [1.54, 1.807) is 0 Å². The van der Waals surface area contributed by atoms with E-state index in [0.717, 1.165) is 41.9 Å². The van der Waals surface area contributed by atoms with Gasteiger partial charge in [0.2, 0.25) is 5.78 Å². The molecule has 64 heavy (non-hydrogen) atoms. The van der Waals surface area contributed by atoms with E-state index in [2.05, 4.69) is 87.0 Å². The van der Waals surface area contributed by atoms with E-state index in [9.17, 15) is 5.11 Å². The lowest BCUT2D eigenvalue weighted by Crippen LogP contribution is -2.65. The van der Waals surface area contributed by atoms with Gasteiger partial charge in [-0.05, 0) is 96.3 Å². The summed E-state index contributed by atoms with van der Waals surface area (Å²) in [6.07, 6.45) is 5.53. The van der Waals surface area contributed by atoms with Gasteiger partial charge in [0.1, 0.15) is 30.3 Å². The van der Waals surface area contributed by atoms with Crippen LogP contribution in [0.3, 0.4) is 0 Å². The standard InChI is InChI=1S/C52H62N4O7Si/c1-10-23-56(24-11-2)45-38-27-35-26-36-41(39(60-30-32-18-14-12-15-19-32)28-37-43-34(22-25-54(43)6)29-55(7)44(36)37)46(57)40(35)48(58)52(38,63-64(8,9)51(3,4)5)49(59)42-47(45)62-53-50(42)61-31-33-20-16-13-17-21-33/h10-21,28,34-35,38,43,45,58H,1-2,22-27,29-31H2,3-9H3/t34?,35-,38-,43?,45-,52?/m0/s1. The number of nitrogens with zero attached hydrogens (tertiary/aromatic N) is 4. The van der Waals surface area contributed by atoms with Gasteiger partial charge in [-0.25, -0.2) is 0 Å². The molecule has 9 rings (SSSR count). The zero-order valence-corrected chi connectivity index (χ0v) is 39.4. The van der Waals surface area contributed by atoms with E-state index < -0.39 is 37.6 Å². The fourth-order valence-electron chi connectivity index (χ4n) is 11.2. The van der Waals surface area contributed by atoms with Crippen molar-refractivity contribution in [1.29, 1.82) is 0 Å². The highest BCUT2D eigenvalue weighted by atomic mass is 28.4. The Morgan fingerprint density at radius 3 is 2.23 bits per heavy atom. The molecule has 3 aliphatic carbocycles. The Labute approximate surface area is 378 Å². The Hall–Kier alpha value is -5.27. The van der Waals surface area contributed by atoms with Crippen molar-refractivity contribution >= 4 is 25.6 Å². The lowest BCUT2D eigenvalue weighted by Gasteiger charge is -2.55. The van der Waals surface area contributed by atoms with E-state index in [4.69, 9.17) is 18.4 Å². The number of carbonyl (C=O) groups excluding carboxylic acids is 2. The number of Topliss-reactive ketones (excluding diaryl/α,β-unsaturated/α-hetero) is 2. The van der Waals surface area contributed by atoms with Gasteiger partial charge in [-0.1, -0.05) is 93.6 Å². The minimum Gasteiger partial charge on any atom is -0.508 e. The number of aliphatic hydroxyl groups is 1. The molecule has 5 aliphatic rings. The summed E-state index contributed by atoms with van der Waals surface area (Å²) < 4.78 is 26.8. The van der Waals surface area contributed by atoms with Gasteiger partial charge in [0.05, 0.1) is 11.6 Å². The predicted octanol–water partition coefficient (Wildman–Crippen LogP) is 9.83. The lowest BCUT2D eigenvalue weighted by atomic mass is 9.58. The Kier molecular flexibility index (Phi) is 11.4. The number of likely N-dealkylation sites (tertiary alicyclic amines) is 1. The predicted molar refractivity (Wildman–Crippen MR) is 251 cm³/mol. The van der Waals surface area contributed by atoms with Crippen molar-refractivity contribution < 1.29 is 33.1 Å². The van der Waals surface area contributed by atoms with E-state index in [1.165, 1.54) is 5.56 Å². The van der Waals surface area contributed by atoms with Crippen LogP contribution in [0, 0.1) is 17.8 Å². The van der Waals surface area contributed by atoms with Crippen molar-refractivity contribution in [3.63, 3.8) is 0 Å². The molecular weight excluding hydrogens is 821 g/mol. The molecule has 12 heteroatoms. The number of aromatic nitrogens is 1. The number of anilines is 1. The van der Waals surface area contributed by atoms with Crippen LogP contribution in [0.2, 0.25) is 18.1 Å². The zero-order valence-electron chi connectivity index (χ0n) is 38.4. The largest absolute Gasteiger partial charge is 0.508 e. The average Bonchev–Trinajstić information content (AvgIpc) is 3.86. The van der Waals surface area contributed by atoms with Crippen LogP contribution >= 0.6 is 0 Å². The Balaban J connectivity index is 1.27. The third kappa shape index (κ3) is 7.08. The fourth-order valence-corrected chi connectivity index (χ4v) is 12.6. The summed E-state index contributed by atoms with van der Waals surface area (Å²) >= 11 is 0. The molecule has 3 aromatic carbocycles. The lowest BCUT2D eigenvalue weighted by molar-refractivity contribution is -0.0524. The first-order chi connectivity index (χ1) is 30.6. The highest BCUT2D eigenvalue weighted by Crippen LogP contribution is 2.61. The number of fused-ring (bicyclic) bond motifs is 8. The first-order valence-electron chi connectivity index (χ1n) is 22.7. The summed E-state index contributed by atoms with van der Waals surface area (Å²) in [6.45, 7) is 21.8. The van der Waals surface area contributed by atoms with Crippen LogP contribution in [0.5, 0.6) is 11.6 Å². The van der Waals surface area contributed by atoms with E-state index >= 15 is 9.59 Å². The van der Waals surface area contributed by atoms with Crippen molar-refractivity contribution in [2.75, 3.05) is 45.2 Å². The third-order valence-electron chi connectivity index (χ3n) is 15.1. The Morgan fingerprint density at radius 1 is 0.969 bits per heavy atom. The van der Waals surface area contributed by atoms with E-state index in [0.29, 0.717) is 48.9 Å². The van der Waals surface area contributed by atoms with Crippen molar-refractivity contribution in [1.82, 2.24) is 15.0 Å². The summed E-state index contributed by atoms with van der Waals surface area (Å²) in [5, 5.41) is 17.5. The number of aliphatic hydroxyl groups excluding tert-OH is 1. The molecule has 11 nitrogen and oxygen atoms in total. The van der Waals surface area contributed by atoms with Gasteiger partial charge in [0.25, 0.3) is 5.88 Å². The van der Waals surface area contributed by atoms with Crippen LogP contribution in [0.1, 0.15) is 94.4 Å². The summed E-state index contributed by atoms with van der Waals surface area (Å²) in [4.78, 5) is 38.7. The highest BCUT2D eigenvalue weighted by Gasteiger charge is 2.68. The molecule has 1 saturated heterocycles. The minimum atomic E-state index is -2.96. The van der Waals surface area contributed by atoms with Gasteiger partial charge in [-0.15, -0.1) is 13.2 Å². The molecular formula is C52H62N4O7Si. The second kappa shape index (κ2) is 16.6. The molecule has 1 fully saturated rings. The van der Waals surface area contributed by atoms with Crippen LogP contribution < -0.4 is 14.4 Å². The van der Waals surface area contributed by atoms with Crippen molar-refractivity contribution in [2.24, 2.45) is 17.8 Å². The summed E-state index contributed by atoms with van der Waals surface area (Å²) in [6, 6.07) is 21.2. The summed E-state index contributed by atoms with van der Waals surface area (Å²) in [5.41, 5.74) is 3.80. The maximum absolute atomic E-state index is 16.0. The smallest absolute Gasteiger partial charge is 0.265 e. The normalized spacial score (nSPS) is 25.2. The van der Waals surface area contributed by atoms with E-state index in [1.807, 2.05) is 72.8 Å². The van der Waals surface area contributed by atoms with Crippen molar-refractivity contribution in [2.45, 2.75) is 89.1 Å². The first kappa shape index (κ1) is 44.0. The van der Waals surface area contributed by atoms with Crippen LogP contribution in [0.25, 0.3) is 0 Å². The van der Waals surface area contributed by atoms with Gasteiger partial charge in [-0.2, -0.15) is 0 Å². The molecule has 2 aliphatic heterocycles. The molecule has 0 radical (unpaired) electrons. The van der Waals surface area contributed by atoms with Gasteiger partial charge in [-0.3, -0.25) is 19.4 Å². The highest BCUT2D eigenvalue weighted by molar-refractivity contribution is 6.74. The third-order valence-corrected chi connectivity index (χ3v) is 19.5. The number of carbonyl (C=O) groups is 2. The zero-order chi connectivity index (χ0) is 45.3. The monoisotopic (exact) mass is 882 g/mol. The Bertz CT molecular complexity index is 2500. The molecule has 0 saturated carbocycles. The maximum Gasteiger partial charge on any atom is 0.265 e. The number of hydrogen-bond donors (Lipinski definition) is 1. The molecule has 0 spiro atoms. The molecule has 6 atom stereocenters. The summed E-state index contributed by atoms with van der Waals surface area (Å²) in [7, 11) is 1.36. The molecule has 4 aromatic rings. The summed E-state index contributed by atoms with van der Waals surface area (Å²) in [5.74, 6) is -1.04. The van der Waals surface area contributed by atoms with Crippen molar-refractivity contribution in [3.8, 4) is 11.6 Å². The average molecular weight is 883 g/mol. The van der Waals surface area contributed by atoms with E-state index in [-0.39, 0.29) is 52.9 Å². The molecule has 1 N–H and O–H groups in total. The second-order valence-electron chi connectivity index (χ2n) is 20.0. The number of benzene rings is 3. The SMILES string of the molecule is C=CCN(CC=C)[C@@H]1c2onc(OCc3ccccc3)c2C(=O)C2(O[Si](C)(C)C(C)(C)C)C(O)=C3C(=O)c4c(OCc5ccccc5)cc5c(c4C[C@H]3C[C@@H]12)N(C)CC1CCN(C)C51. The number of hydrogen-bond acceptors (Lipinski definition) is 11. The number of rotatable bonds is 13. The van der Waals surface area contributed by atoms with Gasteiger partial charge in [0, 0.05) is 49.9 Å². The van der Waals surface area contributed by atoms with Crippen LogP contribution in [-0.4, -0.2) is 85.8 Å². The van der Waals surface area contributed by atoms with Crippen LogP contribution in [0.4, 0.5) is 5.69 Å². The van der Waals surface area contributed by atoms with Crippen LogP contribution in [-0.2, 0) is 24.1 Å². The van der Waals surface area contributed by atoms with Gasteiger partial charge in [0.15, 0.2) is 25.5 Å². The minimum absolute atomic E-state index is 0.0179. The first-order valence-corrected chi connectivity index (χ1v) is 25.6. The second-order valence-corrected chi connectivity index (χ2v) is 24.8. The number of ketones is 2. The number of ether oxygens (including phenoxy) is 2. The topological polar surface area (TPSA) is 118 Å². The molecule has 0 amide bonds. The molecule has 336 valence electrons. The van der Waals surface area contributed by atoms with Crippen LogP contribution in [0.15, 0.2) is 108 Å². The molecule has 3 heterocycles. The molecule has 0 bridgehead atoms. The number of allylic oxidation sites excluding steroid dienone is 1. The maximum atomic E-state index is 16.0.